The SMILES string of the molecule is O=C([O-])CN1CC2CCC(C1)N2. The molecule has 0 saturated carbocycles. The van der Waals surface area contributed by atoms with E-state index in [4.69, 9.17) is 0 Å². The van der Waals surface area contributed by atoms with E-state index in [1.807, 2.05) is 4.90 Å². The number of nitrogens with zero attached hydrogens (tertiary/aromatic N) is 1. The zero-order valence-electron chi connectivity index (χ0n) is 6.95. The highest BCUT2D eigenvalue weighted by Gasteiger charge is 2.31. The fourth-order valence-electron chi connectivity index (χ4n) is 2.20. The molecule has 0 amide bonds. The van der Waals surface area contributed by atoms with Gasteiger partial charge in [0.15, 0.2) is 0 Å². The summed E-state index contributed by atoms with van der Waals surface area (Å²) in [7, 11) is 0. The van der Waals surface area contributed by atoms with Crippen LogP contribution in [0, 0.1) is 0 Å². The molecule has 4 heteroatoms. The summed E-state index contributed by atoms with van der Waals surface area (Å²) < 4.78 is 0. The Hall–Kier alpha value is -0.610. The van der Waals surface area contributed by atoms with Gasteiger partial charge in [0.2, 0.25) is 0 Å². The van der Waals surface area contributed by atoms with Gasteiger partial charge in [0.05, 0.1) is 5.97 Å². The Morgan fingerprint density at radius 1 is 1.42 bits per heavy atom. The standard InChI is InChI=1S/C8H14N2O2/c11-8(12)5-10-3-6-1-2-7(4-10)9-6/h6-7,9H,1-5H2,(H,11,12)/p-1. The van der Waals surface area contributed by atoms with Crippen molar-refractivity contribution in [2.45, 2.75) is 24.9 Å². The normalized spacial score (nSPS) is 35.3. The van der Waals surface area contributed by atoms with E-state index < -0.39 is 5.97 Å². The predicted octanol–water partition coefficient (Wildman–Crippen LogP) is -1.83. The van der Waals surface area contributed by atoms with Gasteiger partial charge < -0.3 is 15.2 Å². The van der Waals surface area contributed by atoms with Crippen molar-refractivity contribution in [3.05, 3.63) is 0 Å². The van der Waals surface area contributed by atoms with Crippen molar-refractivity contribution in [2.75, 3.05) is 19.6 Å². The fraction of sp³-hybridized carbons (Fsp3) is 0.875. The summed E-state index contributed by atoms with van der Waals surface area (Å²) in [5, 5.41) is 13.8. The molecule has 2 heterocycles. The average Bonchev–Trinajstić information content (AvgIpc) is 2.29. The Kier molecular flexibility index (Phi) is 2.02. The summed E-state index contributed by atoms with van der Waals surface area (Å²) in [6.45, 7) is 1.82. The zero-order chi connectivity index (χ0) is 8.55. The molecule has 0 spiro atoms. The Balaban J connectivity index is 1.89. The minimum atomic E-state index is -0.962. The number of nitrogens with one attached hydrogen (secondary N) is 1. The van der Waals surface area contributed by atoms with E-state index in [0.717, 1.165) is 13.1 Å². The Morgan fingerprint density at radius 2 is 2.00 bits per heavy atom. The molecule has 0 aliphatic carbocycles. The molecular formula is C8H13N2O2-. The quantitative estimate of drug-likeness (QED) is 0.528. The summed E-state index contributed by atoms with van der Waals surface area (Å²) in [4.78, 5) is 12.3. The van der Waals surface area contributed by atoms with E-state index in [2.05, 4.69) is 5.32 Å². The van der Waals surface area contributed by atoms with E-state index >= 15 is 0 Å². The van der Waals surface area contributed by atoms with Gasteiger partial charge in [-0.25, -0.2) is 0 Å². The van der Waals surface area contributed by atoms with Gasteiger partial charge in [0, 0.05) is 31.7 Å². The highest BCUT2D eigenvalue weighted by molar-refractivity contribution is 5.66. The molecule has 2 saturated heterocycles. The Bertz CT molecular complexity index is 183. The number of fused-ring (bicyclic) bond motifs is 2. The van der Waals surface area contributed by atoms with Crippen LogP contribution >= 0.6 is 0 Å². The van der Waals surface area contributed by atoms with Crippen molar-refractivity contribution in [3.8, 4) is 0 Å². The van der Waals surface area contributed by atoms with E-state index in [1.165, 1.54) is 12.8 Å². The molecule has 0 radical (unpaired) electrons. The monoisotopic (exact) mass is 169 g/mol. The Morgan fingerprint density at radius 3 is 2.50 bits per heavy atom. The van der Waals surface area contributed by atoms with Crippen molar-refractivity contribution in [3.63, 3.8) is 0 Å². The molecule has 0 aromatic rings. The first-order chi connectivity index (χ1) is 5.74. The van der Waals surface area contributed by atoms with Gasteiger partial charge in [-0.1, -0.05) is 0 Å². The van der Waals surface area contributed by atoms with Gasteiger partial charge in [0.1, 0.15) is 0 Å². The van der Waals surface area contributed by atoms with Crippen LogP contribution in [0.5, 0.6) is 0 Å². The van der Waals surface area contributed by atoms with Gasteiger partial charge in [-0.15, -0.1) is 0 Å². The summed E-state index contributed by atoms with van der Waals surface area (Å²) in [5.41, 5.74) is 0. The molecule has 0 aromatic carbocycles. The first kappa shape index (κ1) is 8.01. The fourth-order valence-corrected chi connectivity index (χ4v) is 2.20. The van der Waals surface area contributed by atoms with Gasteiger partial charge in [-0.2, -0.15) is 0 Å². The largest absolute Gasteiger partial charge is 0.549 e. The van der Waals surface area contributed by atoms with Gasteiger partial charge >= 0.3 is 0 Å². The number of hydrogen-bond donors (Lipinski definition) is 1. The van der Waals surface area contributed by atoms with Crippen molar-refractivity contribution in [1.29, 1.82) is 0 Å². The van der Waals surface area contributed by atoms with Crippen LogP contribution in [0.4, 0.5) is 0 Å². The lowest BCUT2D eigenvalue weighted by Crippen LogP contribution is -2.53. The summed E-state index contributed by atoms with van der Waals surface area (Å²) >= 11 is 0. The molecule has 2 aliphatic heterocycles. The van der Waals surface area contributed by atoms with Crippen molar-refractivity contribution in [2.24, 2.45) is 0 Å². The maximum atomic E-state index is 10.3. The lowest BCUT2D eigenvalue weighted by atomic mass is 10.2. The molecule has 68 valence electrons. The second kappa shape index (κ2) is 3.03. The number of carboxylic acids is 1. The molecular weight excluding hydrogens is 156 g/mol. The first-order valence-corrected chi connectivity index (χ1v) is 4.42. The van der Waals surface area contributed by atoms with Crippen LogP contribution in [0.1, 0.15) is 12.8 Å². The second-order valence-corrected chi connectivity index (χ2v) is 3.70. The van der Waals surface area contributed by atoms with Gasteiger partial charge in [-0.05, 0) is 12.8 Å². The van der Waals surface area contributed by atoms with E-state index in [9.17, 15) is 9.90 Å². The van der Waals surface area contributed by atoms with Crippen LogP contribution in [0.2, 0.25) is 0 Å². The van der Waals surface area contributed by atoms with Crippen molar-refractivity contribution < 1.29 is 9.90 Å². The number of hydrogen-bond acceptors (Lipinski definition) is 4. The summed E-state index contributed by atoms with van der Waals surface area (Å²) in [6, 6.07) is 1.03. The molecule has 4 nitrogen and oxygen atoms in total. The highest BCUT2D eigenvalue weighted by Crippen LogP contribution is 2.19. The number of rotatable bonds is 2. The number of likely N-dealkylation sites (tertiary alicyclic amines) is 1. The minimum Gasteiger partial charge on any atom is -0.549 e. The lowest BCUT2D eigenvalue weighted by molar-refractivity contribution is -0.306. The molecule has 0 aromatic heterocycles. The van der Waals surface area contributed by atoms with Crippen LogP contribution in [0.3, 0.4) is 0 Å². The molecule has 12 heavy (non-hydrogen) atoms. The predicted molar refractivity (Wildman–Crippen MR) is 41.4 cm³/mol. The molecule has 2 aliphatic rings. The van der Waals surface area contributed by atoms with Crippen LogP contribution in [-0.2, 0) is 4.79 Å². The summed E-state index contributed by atoms with van der Waals surface area (Å²) in [5.74, 6) is -0.962. The number of carbonyl (C=O) groups excluding carboxylic acids is 1. The third kappa shape index (κ3) is 1.59. The maximum absolute atomic E-state index is 10.3. The average molecular weight is 169 g/mol. The van der Waals surface area contributed by atoms with Gasteiger partial charge in [-0.3, -0.25) is 4.90 Å². The summed E-state index contributed by atoms with van der Waals surface area (Å²) in [6.07, 6.45) is 2.38. The van der Waals surface area contributed by atoms with Crippen molar-refractivity contribution >= 4 is 5.97 Å². The third-order valence-electron chi connectivity index (χ3n) is 2.64. The number of carboxylic acid groups (broad SMARTS) is 1. The number of aliphatic carboxylic acids is 1. The van der Waals surface area contributed by atoms with E-state index in [0.29, 0.717) is 12.1 Å². The maximum Gasteiger partial charge on any atom is 0.0555 e. The van der Waals surface area contributed by atoms with Crippen LogP contribution in [0.15, 0.2) is 0 Å². The van der Waals surface area contributed by atoms with Crippen LogP contribution in [-0.4, -0.2) is 42.6 Å². The zero-order valence-corrected chi connectivity index (χ0v) is 6.95. The Labute approximate surface area is 71.5 Å². The molecule has 1 N–H and O–H groups in total. The topological polar surface area (TPSA) is 55.4 Å². The number of piperazine rings is 1. The molecule has 2 rings (SSSR count). The third-order valence-corrected chi connectivity index (χ3v) is 2.64. The number of carbonyl (C=O) groups is 1. The molecule has 2 fully saturated rings. The van der Waals surface area contributed by atoms with Gasteiger partial charge in [0.25, 0.3) is 0 Å². The molecule has 2 atom stereocenters. The molecule has 2 unspecified atom stereocenters. The smallest absolute Gasteiger partial charge is 0.0555 e. The lowest BCUT2D eigenvalue weighted by Gasteiger charge is -2.32. The second-order valence-electron chi connectivity index (χ2n) is 3.70. The van der Waals surface area contributed by atoms with Crippen LogP contribution < -0.4 is 10.4 Å². The highest BCUT2D eigenvalue weighted by atomic mass is 16.4. The molecule has 2 bridgehead atoms. The van der Waals surface area contributed by atoms with E-state index in [1.54, 1.807) is 0 Å². The van der Waals surface area contributed by atoms with Crippen LogP contribution in [0.25, 0.3) is 0 Å². The van der Waals surface area contributed by atoms with E-state index in [-0.39, 0.29) is 6.54 Å². The van der Waals surface area contributed by atoms with Crippen molar-refractivity contribution in [1.82, 2.24) is 10.2 Å². The minimum absolute atomic E-state index is 0.0919. The first-order valence-electron chi connectivity index (χ1n) is 4.42.